The van der Waals surface area contributed by atoms with Gasteiger partial charge >= 0.3 is 0 Å². The van der Waals surface area contributed by atoms with Crippen molar-refractivity contribution < 1.29 is 4.42 Å². The van der Waals surface area contributed by atoms with Crippen LogP contribution in [0.2, 0.25) is 26.2 Å². The van der Waals surface area contributed by atoms with Gasteiger partial charge in [-0.05, 0) is 111 Å². The number of furan rings is 1. The molecule has 3 aliphatic rings. The van der Waals surface area contributed by atoms with Gasteiger partial charge in [0.2, 0.25) is 0 Å². The van der Waals surface area contributed by atoms with Crippen LogP contribution >= 0.6 is 0 Å². The highest BCUT2D eigenvalue weighted by atomic mass is 28.3. The van der Waals surface area contributed by atoms with Crippen LogP contribution in [0.3, 0.4) is 0 Å². The molecule has 0 saturated carbocycles. The molecule has 0 spiro atoms. The van der Waals surface area contributed by atoms with E-state index in [2.05, 4.69) is 177 Å². The van der Waals surface area contributed by atoms with Crippen LogP contribution in [0, 0.1) is 0 Å². The molecular weight excluding hydrogens is 687 g/mol. The van der Waals surface area contributed by atoms with Gasteiger partial charge in [0.05, 0.1) is 8.80 Å². The van der Waals surface area contributed by atoms with E-state index in [1.54, 1.807) is 5.20 Å². The van der Waals surface area contributed by atoms with Gasteiger partial charge < -0.3 is 9.32 Å². The summed E-state index contributed by atoms with van der Waals surface area (Å²) < 4.78 is 6.65. The quantitative estimate of drug-likeness (QED) is 0.158. The molecule has 1 aromatic heterocycles. The largest absolute Gasteiger partial charge is 0.455 e. The van der Waals surface area contributed by atoms with Gasteiger partial charge in [0.1, 0.15) is 19.2 Å². The Morgan fingerprint density at radius 1 is 0.667 bits per heavy atom. The van der Waals surface area contributed by atoms with Crippen LogP contribution in [-0.4, -0.2) is 16.9 Å². The predicted octanol–water partition coefficient (Wildman–Crippen LogP) is 12.6. The number of fused-ring (bicyclic) bond motifs is 8. The monoisotopic (exact) mass is 731 g/mol. The van der Waals surface area contributed by atoms with E-state index in [9.17, 15) is 0 Å². The zero-order valence-corrected chi connectivity index (χ0v) is 33.8. The molecule has 2 aliphatic carbocycles. The first-order chi connectivity index (χ1) is 26.4. The van der Waals surface area contributed by atoms with Crippen LogP contribution in [0.1, 0.15) is 25.7 Å². The summed E-state index contributed by atoms with van der Waals surface area (Å²) in [6.07, 6.45) is 14.2. The molecule has 2 heterocycles. The first-order valence-electron chi connectivity index (χ1n) is 19.7. The number of benzene rings is 6. The van der Waals surface area contributed by atoms with Gasteiger partial charge in [-0.2, -0.15) is 0 Å². The average molecular weight is 732 g/mol. The number of para-hydroxylation sites is 1. The van der Waals surface area contributed by atoms with E-state index in [0.29, 0.717) is 0 Å². The Balaban J connectivity index is 1.14. The predicted molar refractivity (Wildman–Crippen MR) is 237 cm³/mol. The zero-order valence-electron chi connectivity index (χ0n) is 31.6. The van der Waals surface area contributed by atoms with Crippen molar-refractivity contribution in [3.05, 3.63) is 168 Å². The van der Waals surface area contributed by atoms with Crippen LogP contribution in [0.25, 0.3) is 55.0 Å². The lowest BCUT2D eigenvalue weighted by Crippen LogP contribution is -2.49. The topological polar surface area (TPSA) is 16.4 Å². The summed E-state index contributed by atoms with van der Waals surface area (Å²) in [4.78, 5) is 2.57. The average Bonchev–Trinajstić information content (AvgIpc) is 3.70. The highest BCUT2D eigenvalue weighted by Crippen LogP contribution is 2.43. The molecule has 10 rings (SSSR count). The van der Waals surface area contributed by atoms with Gasteiger partial charge in [-0.25, -0.2) is 0 Å². The lowest BCUT2D eigenvalue weighted by Gasteiger charge is -2.33. The lowest BCUT2D eigenvalue weighted by atomic mass is 9.92. The third-order valence-corrected chi connectivity index (χ3v) is 17.8. The zero-order chi connectivity index (χ0) is 36.6. The third kappa shape index (κ3) is 5.26. The van der Waals surface area contributed by atoms with Crippen molar-refractivity contribution in [3.63, 3.8) is 0 Å². The summed E-state index contributed by atoms with van der Waals surface area (Å²) in [5, 5.41) is 9.62. The van der Waals surface area contributed by atoms with Crippen molar-refractivity contribution >= 4 is 71.3 Å². The fourth-order valence-corrected chi connectivity index (χ4v) is 14.1. The summed E-state index contributed by atoms with van der Waals surface area (Å²) >= 11 is 0. The maximum Gasteiger partial charge on any atom is 0.143 e. The van der Waals surface area contributed by atoms with Crippen molar-refractivity contribution in [1.29, 1.82) is 0 Å². The van der Waals surface area contributed by atoms with Crippen LogP contribution < -0.4 is 15.3 Å². The number of nitrogens with zero attached hydrogens (tertiary/aromatic N) is 1. The minimum absolute atomic E-state index is 0.961. The Labute approximate surface area is 321 Å². The molecule has 6 aromatic carbocycles. The number of hydrogen-bond acceptors (Lipinski definition) is 2. The number of hydrogen-bond donors (Lipinski definition) is 0. The Bertz CT molecular complexity index is 2770. The molecule has 0 bridgehead atoms. The molecule has 0 atom stereocenters. The lowest BCUT2D eigenvalue weighted by molar-refractivity contribution is 0.670. The molecule has 0 N–H and O–H groups in total. The van der Waals surface area contributed by atoms with Crippen molar-refractivity contribution in [2.24, 2.45) is 0 Å². The van der Waals surface area contributed by atoms with Crippen molar-refractivity contribution in [2.45, 2.75) is 51.9 Å². The summed E-state index contributed by atoms with van der Waals surface area (Å²) in [6.45, 7) is 10.0. The van der Waals surface area contributed by atoms with E-state index in [1.165, 1.54) is 82.4 Å². The summed E-state index contributed by atoms with van der Waals surface area (Å²) in [7, 11) is -3.06. The van der Waals surface area contributed by atoms with E-state index in [-0.39, 0.29) is 0 Å². The molecule has 54 heavy (non-hydrogen) atoms. The van der Waals surface area contributed by atoms with E-state index in [0.717, 1.165) is 36.8 Å². The molecule has 4 heteroatoms. The molecule has 0 fully saturated rings. The first-order valence-corrected chi connectivity index (χ1v) is 25.5. The fourth-order valence-electron chi connectivity index (χ4n) is 9.46. The van der Waals surface area contributed by atoms with Crippen molar-refractivity contribution in [3.8, 4) is 22.3 Å². The summed E-state index contributed by atoms with van der Waals surface area (Å²) in [5.74, 6) is 0. The first kappa shape index (κ1) is 33.2. The number of allylic oxidation sites excluding steroid dienone is 8. The van der Waals surface area contributed by atoms with Crippen LogP contribution in [0.5, 0.6) is 0 Å². The molecular formula is C50H45NOSi2. The normalized spacial score (nSPS) is 16.2. The number of rotatable bonds is 6. The van der Waals surface area contributed by atoms with Crippen LogP contribution in [0.4, 0.5) is 11.4 Å². The standard InChI is InChI=1S/C50H45NOSi2/c1-53(2)46-29-26-37(31-44(46)34-13-6-5-7-14-34)51(36-23-21-35(22-24-36)40-19-12-16-33-15-8-9-17-39(33)40)38-25-27-43-48(32-38)54(3,4)47-30-28-42-41-18-10-11-20-45(41)52-50(42)49(43)47/h6,8-25,27-28,30-32,53H,5,7,26,29H2,1-4H3. The Morgan fingerprint density at radius 3 is 2.26 bits per heavy atom. The molecule has 0 unspecified atom stereocenters. The smallest absolute Gasteiger partial charge is 0.143 e. The van der Waals surface area contributed by atoms with E-state index in [4.69, 9.17) is 4.42 Å². The minimum Gasteiger partial charge on any atom is -0.455 e. The molecule has 0 amide bonds. The Hall–Kier alpha value is -5.43. The maximum absolute atomic E-state index is 6.65. The Morgan fingerprint density at radius 2 is 1.44 bits per heavy atom. The van der Waals surface area contributed by atoms with Crippen LogP contribution in [0.15, 0.2) is 172 Å². The minimum atomic E-state index is -2.05. The molecule has 0 radical (unpaired) electrons. The second kappa shape index (κ2) is 12.9. The van der Waals surface area contributed by atoms with E-state index in [1.807, 2.05) is 0 Å². The molecule has 264 valence electrons. The molecule has 2 nitrogen and oxygen atoms in total. The van der Waals surface area contributed by atoms with Crippen LogP contribution in [-0.2, 0) is 0 Å². The van der Waals surface area contributed by atoms with Gasteiger partial charge in [0.15, 0.2) is 0 Å². The van der Waals surface area contributed by atoms with Crippen molar-refractivity contribution in [1.82, 2.24) is 0 Å². The highest BCUT2D eigenvalue weighted by Gasteiger charge is 2.40. The SMILES string of the molecule is C[SiH](C)C1=C(C2=CCCC=C2)C=C(N(c2ccc(-c3cccc4ccccc34)cc2)c2ccc3c(c2)[Si](C)(C)c2ccc4c(oc5ccccc54)c2-3)CC1. The fraction of sp³-hybridized carbons (Fsp3) is 0.160. The van der Waals surface area contributed by atoms with Gasteiger partial charge in [0, 0.05) is 33.4 Å². The second-order valence-corrected chi connectivity index (χ2v) is 23.4. The highest BCUT2D eigenvalue weighted by molar-refractivity contribution is 7.04. The molecule has 1 aliphatic heterocycles. The molecule has 7 aromatic rings. The molecule has 0 saturated heterocycles. The maximum atomic E-state index is 6.65. The van der Waals surface area contributed by atoms with Crippen molar-refractivity contribution in [2.75, 3.05) is 4.90 Å². The van der Waals surface area contributed by atoms with E-state index < -0.39 is 16.9 Å². The summed E-state index contributed by atoms with van der Waals surface area (Å²) in [5.41, 5.74) is 13.9. The van der Waals surface area contributed by atoms with Gasteiger partial charge in [-0.15, -0.1) is 0 Å². The third-order valence-electron chi connectivity index (χ3n) is 12.2. The second-order valence-electron chi connectivity index (χ2n) is 16.1. The number of anilines is 2. The van der Waals surface area contributed by atoms with Gasteiger partial charge in [0.25, 0.3) is 0 Å². The Kier molecular flexibility index (Phi) is 7.90. The van der Waals surface area contributed by atoms with Gasteiger partial charge in [-0.1, -0.05) is 141 Å². The van der Waals surface area contributed by atoms with Gasteiger partial charge in [-0.3, -0.25) is 0 Å². The van der Waals surface area contributed by atoms with E-state index >= 15 is 0 Å². The summed E-state index contributed by atoms with van der Waals surface area (Å²) in [6, 6.07) is 45.1.